The topological polar surface area (TPSA) is 103 Å². The second-order valence-corrected chi connectivity index (χ2v) is 11.7. The predicted octanol–water partition coefficient (Wildman–Crippen LogP) is 6.50. The fourth-order valence-electron chi connectivity index (χ4n) is 5.85. The number of methoxy groups -OCH3 is 1. The molecule has 214 valence electrons. The Kier molecular flexibility index (Phi) is 6.81. The van der Waals surface area contributed by atoms with Gasteiger partial charge in [0.15, 0.2) is 5.78 Å². The van der Waals surface area contributed by atoms with Crippen LogP contribution in [-0.4, -0.2) is 40.1 Å². The number of hydrogen-bond donors (Lipinski definition) is 1. The second kappa shape index (κ2) is 10.4. The van der Waals surface area contributed by atoms with Crippen molar-refractivity contribution in [1.82, 2.24) is 15.0 Å². The van der Waals surface area contributed by atoms with Gasteiger partial charge in [-0.05, 0) is 97.5 Å². The van der Waals surface area contributed by atoms with E-state index < -0.39 is 11.7 Å². The number of fused-ring (bicyclic) bond motifs is 1. The number of pyridine rings is 1. The number of H-pyrrole nitrogens is 1. The van der Waals surface area contributed by atoms with Crippen molar-refractivity contribution in [3.63, 3.8) is 0 Å². The lowest BCUT2D eigenvalue weighted by molar-refractivity contribution is -0.138. The second-order valence-electron chi connectivity index (χ2n) is 11.7. The standard InChI is InChI=1S/C34H33N3O5/c1-18-15-22-16-21(25-17-36-33(40-6)37-32(25)39)7-8-23(22)29(27(18)31(19(2)38)42-34(3,4)5)24-9-10-26-28-20(12-14-41-26)11-13-35-30(24)28/h7-11,13,15-17,31H,12,14H2,1-6H3,(H,36,37,39)/t31-/m1/s1. The maximum Gasteiger partial charge on any atom is 0.296 e. The summed E-state index contributed by atoms with van der Waals surface area (Å²) in [5.41, 5.74) is 5.77. The Morgan fingerprint density at radius 1 is 1.07 bits per heavy atom. The molecule has 8 heteroatoms. The monoisotopic (exact) mass is 563 g/mol. The average molecular weight is 564 g/mol. The molecule has 0 saturated heterocycles. The van der Waals surface area contributed by atoms with Crippen LogP contribution in [0, 0.1) is 6.92 Å². The number of ketones is 1. The Morgan fingerprint density at radius 3 is 2.60 bits per heavy atom. The van der Waals surface area contributed by atoms with Crippen LogP contribution in [0.4, 0.5) is 0 Å². The van der Waals surface area contributed by atoms with Gasteiger partial charge >= 0.3 is 0 Å². The summed E-state index contributed by atoms with van der Waals surface area (Å²) < 4.78 is 17.5. The van der Waals surface area contributed by atoms with Crippen LogP contribution < -0.4 is 15.0 Å². The highest BCUT2D eigenvalue weighted by Gasteiger charge is 2.31. The van der Waals surface area contributed by atoms with E-state index in [4.69, 9.17) is 19.2 Å². The Labute approximate surface area is 243 Å². The summed E-state index contributed by atoms with van der Waals surface area (Å²) >= 11 is 0. The minimum Gasteiger partial charge on any atom is -0.493 e. The smallest absolute Gasteiger partial charge is 0.296 e. The van der Waals surface area contributed by atoms with E-state index in [2.05, 4.69) is 9.97 Å². The molecule has 0 fully saturated rings. The lowest BCUT2D eigenvalue weighted by Crippen LogP contribution is -2.27. The molecule has 0 bridgehead atoms. The molecule has 42 heavy (non-hydrogen) atoms. The summed E-state index contributed by atoms with van der Waals surface area (Å²) in [7, 11) is 1.45. The van der Waals surface area contributed by atoms with Gasteiger partial charge in [-0.25, -0.2) is 4.98 Å². The molecule has 1 aliphatic rings. The molecule has 1 aliphatic heterocycles. The Balaban J connectivity index is 1.68. The Bertz CT molecular complexity index is 1930. The van der Waals surface area contributed by atoms with Crippen molar-refractivity contribution in [1.29, 1.82) is 0 Å². The molecule has 2 aromatic heterocycles. The largest absolute Gasteiger partial charge is 0.493 e. The molecule has 0 radical (unpaired) electrons. The van der Waals surface area contributed by atoms with Crippen LogP contribution in [0.25, 0.3) is 43.9 Å². The van der Waals surface area contributed by atoms with Gasteiger partial charge in [0.1, 0.15) is 11.9 Å². The number of aryl methyl sites for hydroxylation is 1. The van der Waals surface area contributed by atoms with Crippen LogP contribution in [0.5, 0.6) is 11.8 Å². The molecular formula is C34H33N3O5. The van der Waals surface area contributed by atoms with Crippen molar-refractivity contribution < 1.29 is 19.0 Å². The molecule has 3 aromatic carbocycles. The van der Waals surface area contributed by atoms with Gasteiger partial charge in [-0.15, -0.1) is 0 Å². The van der Waals surface area contributed by atoms with E-state index in [0.717, 1.165) is 61.7 Å². The van der Waals surface area contributed by atoms with Crippen molar-refractivity contribution in [3.05, 3.63) is 81.9 Å². The zero-order valence-corrected chi connectivity index (χ0v) is 24.6. The van der Waals surface area contributed by atoms with Gasteiger partial charge < -0.3 is 14.2 Å². The highest BCUT2D eigenvalue weighted by molar-refractivity contribution is 6.09. The maximum absolute atomic E-state index is 13.2. The van der Waals surface area contributed by atoms with E-state index >= 15 is 0 Å². The number of benzene rings is 3. The minimum atomic E-state index is -0.792. The third-order valence-corrected chi connectivity index (χ3v) is 7.61. The van der Waals surface area contributed by atoms with E-state index in [9.17, 15) is 9.59 Å². The number of nitrogens with one attached hydrogen (secondary N) is 1. The van der Waals surface area contributed by atoms with E-state index in [1.165, 1.54) is 18.9 Å². The van der Waals surface area contributed by atoms with Gasteiger partial charge in [-0.2, -0.15) is 0 Å². The van der Waals surface area contributed by atoms with E-state index in [-0.39, 0.29) is 17.4 Å². The van der Waals surface area contributed by atoms with Crippen molar-refractivity contribution in [2.75, 3.05) is 13.7 Å². The van der Waals surface area contributed by atoms with Crippen molar-refractivity contribution in [3.8, 4) is 34.0 Å². The molecular weight excluding hydrogens is 530 g/mol. The Morgan fingerprint density at radius 2 is 1.88 bits per heavy atom. The molecule has 0 unspecified atom stereocenters. The lowest BCUT2D eigenvalue weighted by Gasteiger charge is -2.30. The summed E-state index contributed by atoms with van der Waals surface area (Å²) in [6, 6.07) is 14.1. The van der Waals surface area contributed by atoms with Crippen LogP contribution in [0.15, 0.2) is 59.7 Å². The zero-order valence-electron chi connectivity index (χ0n) is 24.6. The van der Waals surface area contributed by atoms with Gasteiger partial charge in [0, 0.05) is 29.8 Å². The molecule has 6 rings (SSSR count). The molecule has 1 N–H and O–H groups in total. The van der Waals surface area contributed by atoms with Gasteiger partial charge in [0.2, 0.25) is 0 Å². The number of aromatic nitrogens is 3. The molecule has 0 saturated carbocycles. The predicted molar refractivity (Wildman–Crippen MR) is 163 cm³/mol. The maximum atomic E-state index is 13.2. The molecule has 0 aliphatic carbocycles. The third kappa shape index (κ3) is 4.81. The quantitative estimate of drug-likeness (QED) is 0.251. The highest BCUT2D eigenvalue weighted by atomic mass is 16.5. The number of nitrogens with zero attached hydrogens (tertiary/aromatic N) is 2. The first kappa shape index (κ1) is 27.6. The van der Waals surface area contributed by atoms with Gasteiger partial charge in [0.25, 0.3) is 11.6 Å². The molecule has 5 aromatic rings. The molecule has 1 atom stereocenters. The van der Waals surface area contributed by atoms with Crippen molar-refractivity contribution >= 4 is 27.5 Å². The van der Waals surface area contributed by atoms with Crippen molar-refractivity contribution in [2.45, 2.75) is 52.7 Å². The summed E-state index contributed by atoms with van der Waals surface area (Å²) in [4.78, 5) is 37.8. The first-order valence-corrected chi connectivity index (χ1v) is 14.0. The number of carbonyl (C=O) groups is 1. The van der Waals surface area contributed by atoms with E-state index in [1.807, 2.05) is 76.4 Å². The van der Waals surface area contributed by atoms with Crippen LogP contribution in [0.1, 0.15) is 50.5 Å². The van der Waals surface area contributed by atoms with Gasteiger partial charge in [-0.1, -0.05) is 18.2 Å². The summed E-state index contributed by atoms with van der Waals surface area (Å²) in [6.07, 6.45) is 3.36. The first-order valence-electron chi connectivity index (χ1n) is 14.0. The van der Waals surface area contributed by atoms with E-state index in [1.54, 1.807) is 6.92 Å². The molecule has 3 heterocycles. The number of hydrogen-bond acceptors (Lipinski definition) is 7. The summed E-state index contributed by atoms with van der Waals surface area (Å²) in [6.45, 7) is 10.0. The number of rotatable bonds is 6. The highest BCUT2D eigenvalue weighted by Crippen LogP contribution is 2.45. The van der Waals surface area contributed by atoms with Crippen LogP contribution >= 0.6 is 0 Å². The molecule has 0 spiro atoms. The Hall–Kier alpha value is -4.56. The van der Waals surface area contributed by atoms with E-state index in [0.29, 0.717) is 12.2 Å². The zero-order chi connectivity index (χ0) is 29.8. The lowest BCUT2D eigenvalue weighted by atomic mass is 9.84. The number of ether oxygens (including phenoxy) is 3. The minimum absolute atomic E-state index is 0.0832. The van der Waals surface area contributed by atoms with Crippen LogP contribution in [0.3, 0.4) is 0 Å². The molecule has 8 nitrogen and oxygen atoms in total. The number of aromatic amines is 1. The van der Waals surface area contributed by atoms with Crippen LogP contribution in [0.2, 0.25) is 0 Å². The average Bonchev–Trinajstić information content (AvgIpc) is 2.95. The number of Topliss-reactive ketones (excluding diaryl/α,β-unsaturated/α-hetero) is 1. The normalized spacial score (nSPS) is 13.7. The fourth-order valence-corrected chi connectivity index (χ4v) is 5.85. The molecule has 0 amide bonds. The van der Waals surface area contributed by atoms with Crippen molar-refractivity contribution in [2.24, 2.45) is 0 Å². The van der Waals surface area contributed by atoms with Gasteiger partial charge in [-0.3, -0.25) is 19.6 Å². The summed E-state index contributed by atoms with van der Waals surface area (Å²) in [5.74, 6) is 0.726. The fraction of sp³-hybridized carbons (Fsp3) is 0.294. The van der Waals surface area contributed by atoms with Gasteiger partial charge in [0.05, 0.1) is 30.4 Å². The first-order chi connectivity index (χ1) is 20.1. The van der Waals surface area contributed by atoms with Crippen LogP contribution in [-0.2, 0) is 16.0 Å². The summed E-state index contributed by atoms with van der Waals surface area (Å²) in [5, 5.41) is 2.82. The SMILES string of the molecule is COc1ncc(-c2ccc3c(-c4ccc5c6c(ccnc46)CCO5)c([C@H](OC(C)(C)C)C(C)=O)c(C)cc3c2)c(=O)[nH]1. The third-order valence-electron chi connectivity index (χ3n) is 7.61. The number of carbonyl (C=O) groups excluding carboxylic acids is 1.